The summed E-state index contributed by atoms with van der Waals surface area (Å²) in [4.78, 5) is 12.6. The van der Waals surface area contributed by atoms with Crippen LogP contribution in [0, 0.1) is 0 Å². The van der Waals surface area contributed by atoms with E-state index in [1.165, 1.54) is 48.5 Å². The predicted octanol–water partition coefficient (Wildman–Crippen LogP) is 3.80. The molecule has 10 heteroatoms. The van der Waals surface area contributed by atoms with Crippen molar-refractivity contribution in [3.8, 4) is 5.75 Å². The maximum Gasteiger partial charge on any atom is 0.387 e. The molecule has 0 spiro atoms. The zero-order chi connectivity index (χ0) is 21.7. The van der Waals surface area contributed by atoms with Crippen molar-refractivity contribution in [3.63, 3.8) is 0 Å². The maximum atomic E-state index is 13.4. The van der Waals surface area contributed by atoms with Gasteiger partial charge in [0.25, 0.3) is 0 Å². The number of amides is 1. The standard InChI is InChI=1S/C20H21ClF2N2O4S/c21-15-6-10-17(11-7-15)30(27,28)25(18-3-1-2-12-24-19(18)26)13-14-4-8-16(9-5-14)29-20(22)23/h4-11,18,20H,1-3,12-13H2,(H,24,26). The van der Waals surface area contributed by atoms with Crippen LogP contribution in [0.5, 0.6) is 5.75 Å². The van der Waals surface area contributed by atoms with Gasteiger partial charge in [0, 0.05) is 18.1 Å². The van der Waals surface area contributed by atoms with Crippen LogP contribution in [-0.2, 0) is 21.4 Å². The van der Waals surface area contributed by atoms with Crippen LogP contribution in [0.15, 0.2) is 53.4 Å². The molecule has 2 aromatic rings. The van der Waals surface area contributed by atoms with Gasteiger partial charge in [0.1, 0.15) is 11.8 Å². The van der Waals surface area contributed by atoms with Gasteiger partial charge in [0.2, 0.25) is 15.9 Å². The molecule has 0 bridgehead atoms. The number of alkyl halides is 2. The summed E-state index contributed by atoms with van der Waals surface area (Å²) in [5.41, 5.74) is 0.534. The molecular formula is C20H21ClF2N2O4S. The summed E-state index contributed by atoms with van der Waals surface area (Å²) in [5, 5.41) is 3.15. The molecule has 1 saturated heterocycles. The lowest BCUT2D eigenvalue weighted by molar-refractivity contribution is -0.124. The number of hydrogen-bond donors (Lipinski definition) is 1. The third-order valence-electron chi connectivity index (χ3n) is 4.76. The van der Waals surface area contributed by atoms with Gasteiger partial charge < -0.3 is 10.1 Å². The molecule has 6 nitrogen and oxygen atoms in total. The first kappa shape index (κ1) is 22.5. The Morgan fingerprint density at radius 2 is 1.77 bits per heavy atom. The minimum absolute atomic E-state index is 0.0154. The number of carbonyl (C=O) groups excluding carboxylic acids is 1. The van der Waals surface area contributed by atoms with Gasteiger partial charge in [-0.15, -0.1) is 0 Å². The van der Waals surface area contributed by atoms with Crippen LogP contribution in [0.2, 0.25) is 5.02 Å². The second-order valence-corrected chi connectivity index (χ2v) is 9.16. The molecule has 1 aliphatic rings. The van der Waals surface area contributed by atoms with Crippen molar-refractivity contribution < 1.29 is 26.7 Å². The minimum Gasteiger partial charge on any atom is -0.435 e. The van der Waals surface area contributed by atoms with E-state index >= 15 is 0 Å². The van der Waals surface area contributed by atoms with Gasteiger partial charge in [-0.2, -0.15) is 13.1 Å². The van der Waals surface area contributed by atoms with Gasteiger partial charge >= 0.3 is 6.61 Å². The highest BCUT2D eigenvalue weighted by Crippen LogP contribution is 2.26. The number of carbonyl (C=O) groups is 1. The average molecular weight is 459 g/mol. The van der Waals surface area contributed by atoms with Crippen LogP contribution in [0.3, 0.4) is 0 Å². The number of sulfonamides is 1. The number of rotatable bonds is 7. The third-order valence-corrected chi connectivity index (χ3v) is 6.88. The second kappa shape index (κ2) is 9.72. The summed E-state index contributed by atoms with van der Waals surface area (Å²) < 4.78 is 57.0. The molecule has 3 rings (SSSR count). The Kier molecular flexibility index (Phi) is 7.27. The molecule has 1 fully saturated rings. The van der Waals surface area contributed by atoms with Crippen LogP contribution >= 0.6 is 11.6 Å². The summed E-state index contributed by atoms with van der Waals surface area (Å²) >= 11 is 5.88. The monoisotopic (exact) mass is 458 g/mol. The fourth-order valence-corrected chi connectivity index (χ4v) is 4.99. The summed E-state index contributed by atoms with van der Waals surface area (Å²) in [7, 11) is -4.03. The average Bonchev–Trinajstić information content (AvgIpc) is 2.91. The van der Waals surface area contributed by atoms with Crippen LogP contribution in [0.1, 0.15) is 24.8 Å². The quantitative estimate of drug-likeness (QED) is 0.684. The van der Waals surface area contributed by atoms with E-state index < -0.39 is 22.7 Å². The predicted molar refractivity (Wildman–Crippen MR) is 108 cm³/mol. The van der Waals surface area contributed by atoms with Crippen molar-refractivity contribution in [2.45, 2.75) is 43.4 Å². The van der Waals surface area contributed by atoms with E-state index in [-0.39, 0.29) is 23.1 Å². The number of nitrogens with zero attached hydrogens (tertiary/aromatic N) is 1. The van der Waals surface area contributed by atoms with E-state index in [0.717, 1.165) is 10.7 Å². The van der Waals surface area contributed by atoms with E-state index in [1.807, 2.05) is 0 Å². The zero-order valence-electron chi connectivity index (χ0n) is 15.9. The fraction of sp³-hybridized carbons (Fsp3) is 0.350. The number of ether oxygens (including phenoxy) is 1. The van der Waals surface area contributed by atoms with Crippen molar-refractivity contribution in [2.24, 2.45) is 0 Å². The summed E-state index contributed by atoms with van der Waals surface area (Å²) in [5.74, 6) is -0.393. The third kappa shape index (κ3) is 5.47. The molecule has 0 saturated carbocycles. The Hall–Kier alpha value is -2.23. The van der Waals surface area contributed by atoms with Crippen molar-refractivity contribution in [3.05, 3.63) is 59.1 Å². The molecule has 1 atom stereocenters. The van der Waals surface area contributed by atoms with Crippen molar-refractivity contribution in [1.29, 1.82) is 0 Å². The molecule has 162 valence electrons. The normalized spacial score (nSPS) is 17.6. The first-order valence-electron chi connectivity index (χ1n) is 9.36. The van der Waals surface area contributed by atoms with Gasteiger partial charge in [-0.05, 0) is 61.2 Å². The van der Waals surface area contributed by atoms with E-state index in [9.17, 15) is 22.0 Å². The van der Waals surface area contributed by atoms with E-state index in [1.54, 1.807) is 0 Å². The van der Waals surface area contributed by atoms with Crippen molar-refractivity contribution >= 4 is 27.5 Å². The lowest BCUT2D eigenvalue weighted by Gasteiger charge is -2.29. The smallest absolute Gasteiger partial charge is 0.387 e. The van der Waals surface area contributed by atoms with Crippen molar-refractivity contribution in [1.82, 2.24) is 9.62 Å². The molecule has 1 amide bonds. The highest BCUT2D eigenvalue weighted by atomic mass is 35.5. The van der Waals surface area contributed by atoms with Gasteiger partial charge in [-0.3, -0.25) is 4.79 Å². The molecule has 1 N–H and O–H groups in total. The van der Waals surface area contributed by atoms with Gasteiger partial charge in [0.15, 0.2) is 0 Å². The lowest BCUT2D eigenvalue weighted by atomic mass is 10.1. The van der Waals surface area contributed by atoms with Crippen molar-refractivity contribution in [2.75, 3.05) is 6.54 Å². The van der Waals surface area contributed by atoms with Crippen LogP contribution in [-0.4, -0.2) is 37.8 Å². The highest BCUT2D eigenvalue weighted by Gasteiger charge is 2.36. The lowest BCUT2D eigenvalue weighted by Crippen LogP contribution is -2.48. The first-order chi connectivity index (χ1) is 14.3. The topological polar surface area (TPSA) is 75.7 Å². The molecular weight excluding hydrogens is 438 g/mol. The minimum atomic E-state index is -4.03. The van der Waals surface area contributed by atoms with Gasteiger partial charge in [0.05, 0.1) is 4.90 Å². The number of nitrogens with one attached hydrogen (secondary N) is 1. The molecule has 1 unspecified atom stereocenters. The Balaban J connectivity index is 1.94. The number of halogens is 3. The second-order valence-electron chi connectivity index (χ2n) is 6.83. The van der Waals surface area contributed by atoms with Crippen LogP contribution < -0.4 is 10.1 Å². The van der Waals surface area contributed by atoms with E-state index in [4.69, 9.17) is 11.6 Å². The largest absolute Gasteiger partial charge is 0.435 e. The molecule has 0 aromatic heterocycles. The van der Waals surface area contributed by atoms with E-state index in [0.29, 0.717) is 30.0 Å². The van der Waals surface area contributed by atoms with Gasteiger partial charge in [-0.1, -0.05) is 23.7 Å². The zero-order valence-corrected chi connectivity index (χ0v) is 17.5. The highest BCUT2D eigenvalue weighted by molar-refractivity contribution is 7.89. The Labute approximate surface area is 178 Å². The Bertz CT molecular complexity index is 969. The molecule has 0 radical (unpaired) electrons. The van der Waals surface area contributed by atoms with Crippen LogP contribution in [0.25, 0.3) is 0 Å². The summed E-state index contributed by atoms with van der Waals surface area (Å²) in [6.07, 6.45) is 1.83. The number of benzene rings is 2. The Morgan fingerprint density at radius 1 is 1.10 bits per heavy atom. The molecule has 2 aromatic carbocycles. The molecule has 1 heterocycles. The van der Waals surface area contributed by atoms with Crippen LogP contribution in [0.4, 0.5) is 8.78 Å². The summed E-state index contributed by atoms with van der Waals surface area (Å²) in [6.45, 7) is -2.56. The van der Waals surface area contributed by atoms with E-state index in [2.05, 4.69) is 10.1 Å². The first-order valence-corrected chi connectivity index (χ1v) is 11.2. The molecule has 1 aliphatic heterocycles. The molecule has 30 heavy (non-hydrogen) atoms. The fourth-order valence-electron chi connectivity index (χ4n) is 3.26. The Morgan fingerprint density at radius 3 is 2.40 bits per heavy atom. The summed E-state index contributed by atoms with van der Waals surface area (Å²) in [6, 6.07) is 10.5. The SMILES string of the molecule is O=C1NCCCCC1N(Cc1ccc(OC(F)F)cc1)S(=O)(=O)c1ccc(Cl)cc1. The maximum absolute atomic E-state index is 13.4. The van der Waals surface area contributed by atoms with Gasteiger partial charge in [-0.25, -0.2) is 8.42 Å². The molecule has 0 aliphatic carbocycles. The number of hydrogen-bond acceptors (Lipinski definition) is 4.